The molecule has 0 spiro atoms. The summed E-state index contributed by atoms with van der Waals surface area (Å²) in [5.41, 5.74) is 0. The Hall–Kier alpha value is -1.08. The highest BCUT2D eigenvalue weighted by molar-refractivity contribution is 5.01. The summed E-state index contributed by atoms with van der Waals surface area (Å²) in [5, 5.41) is 0. The molecule has 14 nitrogen and oxygen atoms in total. The molecular weight excluding hydrogens is 632 g/mol. The van der Waals surface area contributed by atoms with Crippen LogP contribution in [0.25, 0.3) is 0 Å². The van der Waals surface area contributed by atoms with Gasteiger partial charge in [-0.3, -0.25) is 0 Å². The second kappa shape index (κ2) is 14.2. The molecule has 48 heavy (non-hydrogen) atoms. The van der Waals surface area contributed by atoms with Crippen molar-refractivity contribution in [3.05, 3.63) is 25.3 Å². The third-order valence-electron chi connectivity index (χ3n) is 9.01. The summed E-state index contributed by atoms with van der Waals surface area (Å²) in [4.78, 5) is 0. The van der Waals surface area contributed by atoms with Crippen molar-refractivity contribution in [1.29, 1.82) is 0 Å². The molecule has 0 aromatic heterocycles. The molecule has 0 aromatic rings. The maximum Gasteiger partial charge on any atom is 0.187 e. The summed E-state index contributed by atoms with van der Waals surface area (Å²) in [6, 6.07) is 0. The first kappa shape index (κ1) is 36.7. The van der Waals surface area contributed by atoms with Gasteiger partial charge in [0.2, 0.25) is 0 Å². The molecule has 0 aromatic carbocycles. The molecule has 6 rings (SSSR count). The van der Waals surface area contributed by atoms with E-state index in [0.717, 1.165) is 0 Å². The van der Waals surface area contributed by atoms with Crippen molar-refractivity contribution in [1.82, 2.24) is 0 Å². The lowest BCUT2D eigenvalue weighted by atomic mass is 9.97. The Kier molecular flexibility index (Phi) is 10.8. The lowest BCUT2D eigenvalue weighted by Crippen LogP contribution is -2.64. The highest BCUT2D eigenvalue weighted by Gasteiger charge is 2.60. The fourth-order valence-electron chi connectivity index (χ4n) is 7.04. The van der Waals surface area contributed by atoms with Crippen molar-refractivity contribution in [2.24, 2.45) is 0 Å². The van der Waals surface area contributed by atoms with Crippen molar-refractivity contribution in [2.75, 3.05) is 39.6 Å². The fourth-order valence-corrected chi connectivity index (χ4v) is 7.04. The van der Waals surface area contributed by atoms with Crippen molar-refractivity contribution in [2.45, 2.75) is 152 Å². The number of fused-ring (bicyclic) bond motifs is 6. The van der Waals surface area contributed by atoms with E-state index in [4.69, 9.17) is 66.3 Å². The normalized spacial score (nSPS) is 41.7. The van der Waals surface area contributed by atoms with Crippen molar-refractivity contribution in [3.63, 3.8) is 0 Å². The molecule has 0 bridgehead atoms. The predicted octanol–water partition coefficient (Wildman–Crippen LogP) is 2.96. The zero-order chi connectivity index (χ0) is 34.5. The maximum absolute atomic E-state index is 6.42. The van der Waals surface area contributed by atoms with E-state index in [1.165, 1.54) is 0 Å². The Morgan fingerprint density at radius 1 is 0.542 bits per heavy atom. The average molecular weight is 687 g/mol. The van der Waals surface area contributed by atoms with Gasteiger partial charge in [-0.15, -0.1) is 13.2 Å². The largest absolute Gasteiger partial charge is 0.369 e. The smallest absolute Gasteiger partial charge is 0.187 e. The van der Waals surface area contributed by atoms with Crippen LogP contribution in [-0.2, 0) is 66.3 Å². The van der Waals surface area contributed by atoms with E-state index in [2.05, 4.69) is 13.2 Å². The summed E-state index contributed by atoms with van der Waals surface area (Å²) in [5.74, 6) is -3.27. The van der Waals surface area contributed by atoms with E-state index in [1.54, 1.807) is 12.2 Å². The molecule has 6 heterocycles. The van der Waals surface area contributed by atoms with E-state index >= 15 is 0 Å². The van der Waals surface area contributed by atoms with Gasteiger partial charge in [-0.1, -0.05) is 12.2 Å². The van der Waals surface area contributed by atoms with Gasteiger partial charge in [0.25, 0.3) is 0 Å². The molecule has 6 aliphatic rings. The molecular formula is C34H54O14. The third kappa shape index (κ3) is 8.18. The summed E-state index contributed by atoms with van der Waals surface area (Å²) >= 11 is 0. The monoisotopic (exact) mass is 686 g/mol. The summed E-state index contributed by atoms with van der Waals surface area (Å²) in [6.45, 7) is 23.9. The van der Waals surface area contributed by atoms with Gasteiger partial charge in [0.1, 0.15) is 61.0 Å². The van der Waals surface area contributed by atoms with Crippen LogP contribution in [0.3, 0.4) is 0 Å². The molecule has 6 fully saturated rings. The molecule has 0 aliphatic carbocycles. The molecule has 0 amide bonds. The van der Waals surface area contributed by atoms with E-state index in [-0.39, 0.29) is 38.6 Å². The van der Waals surface area contributed by atoms with Gasteiger partial charge in [0.15, 0.2) is 35.7 Å². The van der Waals surface area contributed by atoms with E-state index in [0.29, 0.717) is 13.2 Å². The minimum Gasteiger partial charge on any atom is -0.369 e. The topological polar surface area (TPSA) is 129 Å². The van der Waals surface area contributed by atoms with E-state index in [9.17, 15) is 0 Å². The van der Waals surface area contributed by atoms with E-state index < -0.39 is 84.6 Å². The van der Waals surface area contributed by atoms with Gasteiger partial charge < -0.3 is 66.3 Å². The lowest BCUT2D eigenvalue weighted by Gasteiger charge is -2.48. The Morgan fingerprint density at radius 2 is 0.896 bits per heavy atom. The molecule has 6 aliphatic heterocycles. The molecule has 274 valence electrons. The number of hydrogen-bond donors (Lipinski definition) is 0. The fraction of sp³-hybridized carbons (Fsp3) is 0.882. The molecule has 0 unspecified atom stereocenters. The minimum absolute atomic E-state index is 0.0763. The SMILES string of the molecule is C=CCO[C@H](CO[C@H]1O[C@@H]2COC(C)(C)O[C@H]2[C@@H]2OC(C)(C)O[C@H]12)[C@@H](CO[C@H]1O[C@@H]2COC(C)(C)O[C@H]2[C@@H]2OC(C)(C)O[C@H]12)OCC=C. The quantitative estimate of drug-likeness (QED) is 0.263. The minimum atomic E-state index is -0.856. The van der Waals surface area contributed by atoms with Crippen molar-refractivity contribution < 1.29 is 66.3 Å². The lowest BCUT2D eigenvalue weighted by molar-refractivity contribution is -0.374. The first-order valence-electron chi connectivity index (χ1n) is 16.9. The Bertz CT molecular complexity index is 1040. The van der Waals surface area contributed by atoms with Crippen LogP contribution in [0.15, 0.2) is 25.3 Å². The van der Waals surface area contributed by atoms with Crippen LogP contribution in [0.1, 0.15) is 55.4 Å². The molecule has 0 N–H and O–H groups in total. The van der Waals surface area contributed by atoms with Gasteiger partial charge in [0.05, 0.1) is 39.6 Å². The van der Waals surface area contributed by atoms with Gasteiger partial charge in [0, 0.05) is 0 Å². The summed E-state index contributed by atoms with van der Waals surface area (Å²) in [7, 11) is 0. The Morgan fingerprint density at radius 3 is 1.27 bits per heavy atom. The molecule has 0 saturated carbocycles. The first-order valence-corrected chi connectivity index (χ1v) is 16.9. The Labute approximate surface area is 283 Å². The zero-order valence-corrected chi connectivity index (χ0v) is 29.5. The van der Waals surface area contributed by atoms with Crippen LogP contribution in [0, 0.1) is 0 Å². The first-order chi connectivity index (χ1) is 22.6. The van der Waals surface area contributed by atoms with Gasteiger partial charge in [-0.05, 0) is 55.4 Å². The van der Waals surface area contributed by atoms with Crippen LogP contribution in [0.5, 0.6) is 0 Å². The van der Waals surface area contributed by atoms with Crippen LogP contribution in [0.2, 0.25) is 0 Å². The number of rotatable bonds is 13. The highest BCUT2D eigenvalue weighted by atomic mass is 16.8. The second-order valence-corrected chi connectivity index (χ2v) is 14.8. The average Bonchev–Trinajstić information content (AvgIpc) is 3.52. The van der Waals surface area contributed by atoms with Crippen LogP contribution < -0.4 is 0 Å². The molecule has 0 radical (unpaired) electrons. The van der Waals surface area contributed by atoms with Crippen molar-refractivity contribution in [3.8, 4) is 0 Å². The number of hydrogen-bond acceptors (Lipinski definition) is 14. The summed E-state index contributed by atoms with van der Waals surface area (Å²) < 4.78 is 87.4. The summed E-state index contributed by atoms with van der Waals surface area (Å²) in [6.07, 6.45) is -3.02. The van der Waals surface area contributed by atoms with Crippen LogP contribution >= 0.6 is 0 Å². The van der Waals surface area contributed by atoms with Crippen LogP contribution in [0.4, 0.5) is 0 Å². The van der Waals surface area contributed by atoms with Crippen LogP contribution in [-0.4, -0.2) is 136 Å². The van der Waals surface area contributed by atoms with Gasteiger partial charge in [-0.2, -0.15) is 0 Å². The van der Waals surface area contributed by atoms with E-state index in [1.807, 2.05) is 55.4 Å². The standard InChI is InChI=1S/C34H54O14/c1-11-13-35-19(15-37-29-27-25(45-33(7,8)47-27)23-21(41-29)17-39-31(3,4)43-23)20(36-14-12-2)16-38-30-28-26(46-34(9,10)48-28)24-22(42-30)18-40-32(5,6)44-24/h11-12,19-30H,1-2,13-18H2,3-10H3/t19-,20-,21-,22-,23-,24-,25+,26+,27+,28+,29+,30+/m1/s1. The third-order valence-corrected chi connectivity index (χ3v) is 9.01. The van der Waals surface area contributed by atoms with Crippen molar-refractivity contribution >= 4 is 0 Å². The molecule has 12 atom stereocenters. The molecule has 14 heteroatoms. The highest BCUT2D eigenvalue weighted by Crippen LogP contribution is 2.44. The predicted molar refractivity (Wildman–Crippen MR) is 167 cm³/mol. The van der Waals surface area contributed by atoms with Gasteiger partial charge in [-0.25, -0.2) is 0 Å². The zero-order valence-electron chi connectivity index (χ0n) is 29.5. The van der Waals surface area contributed by atoms with Gasteiger partial charge >= 0.3 is 0 Å². The Balaban J connectivity index is 1.15. The molecule has 6 saturated heterocycles. The number of ether oxygens (including phenoxy) is 14. The maximum atomic E-state index is 6.42. The second-order valence-electron chi connectivity index (χ2n) is 14.8.